The highest BCUT2D eigenvalue weighted by Crippen LogP contribution is 2.17. The van der Waals surface area contributed by atoms with Crippen LogP contribution in [0.15, 0.2) is 65.4 Å². The van der Waals surface area contributed by atoms with Gasteiger partial charge in [-0.1, -0.05) is 42.5 Å². The molecule has 1 heterocycles. The number of hydrogen-bond donors (Lipinski definition) is 1. The second-order valence-corrected chi connectivity index (χ2v) is 5.67. The highest BCUT2D eigenvalue weighted by Gasteiger charge is 1.98. The summed E-state index contributed by atoms with van der Waals surface area (Å²) in [6.07, 6.45) is 4.62. The number of fused-ring (bicyclic) bond motifs is 1. The van der Waals surface area contributed by atoms with Crippen molar-refractivity contribution in [1.82, 2.24) is 4.98 Å². The Morgan fingerprint density at radius 3 is 2.65 bits per heavy atom. The third-order valence-corrected chi connectivity index (χ3v) is 3.70. The molecular weight excluding hydrogens is 312 g/mol. The lowest BCUT2D eigenvalue weighted by Crippen LogP contribution is -2.05. The van der Waals surface area contributed by atoms with Gasteiger partial charge in [-0.3, -0.25) is 4.98 Å². The van der Waals surface area contributed by atoms with Crippen LogP contribution in [0.2, 0.25) is 0 Å². The molecule has 0 spiro atoms. The summed E-state index contributed by atoms with van der Waals surface area (Å²) in [4.78, 5) is 4.14. The normalized spacial score (nSPS) is 10.7. The number of nitrogens with one attached hydrogen (secondary N) is 1. The van der Waals surface area contributed by atoms with Gasteiger partial charge in [-0.15, -0.1) is 0 Å². The summed E-state index contributed by atoms with van der Waals surface area (Å²) >= 11 is 3.42. The van der Waals surface area contributed by atoms with Gasteiger partial charge in [0.15, 0.2) is 0 Å². The summed E-state index contributed by atoms with van der Waals surface area (Å²) in [5, 5.41) is 5.98. The summed E-state index contributed by atoms with van der Waals surface area (Å²) < 4.78 is 0.994. The average molecular weight is 327 g/mol. The number of aromatic nitrogens is 1. The number of halogens is 1. The number of pyridine rings is 1. The maximum Gasteiger partial charge on any atom is 0.0538 e. The van der Waals surface area contributed by atoms with E-state index in [1.54, 1.807) is 6.20 Å². The summed E-state index contributed by atoms with van der Waals surface area (Å²) in [5.74, 6) is 0. The largest absolute Gasteiger partial charge is 0.383 e. The van der Waals surface area contributed by atoms with Gasteiger partial charge < -0.3 is 5.32 Å². The minimum absolute atomic E-state index is 0.899. The molecule has 20 heavy (non-hydrogen) atoms. The average Bonchev–Trinajstić information content (AvgIpc) is 2.47. The zero-order valence-corrected chi connectivity index (χ0v) is 12.6. The van der Waals surface area contributed by atoms with Gasteiger partial charge >= 0.3 is 0 Å². The molecule has 0 aliphatic heterocycles. The summed E-state index contributed by atoms with van der Waals surface area (Å²) in [7, 11) is 0. The number of benzene rings is 2. The molecule has 0 saturated carbocycles. The Hall–Kier alpha value is -1.87. The Balaban J connectivity index is 1.65. The van der Waals surface area contributed by atoms with Crippen LogP contribution in [0.25, 0.3) is 10.8 Å². The fourth-order valence-corrected chi connectivity index (χ4v) is 2.62. The van der Waals surface area contributed by atoms with E-state index in [1.165, 1.54) is 16.3 Å². The van der Waals surface area contributed by atoms with Crippen LogP contribution in [0, 0.1) is 0 Å². The van der Waals surface area contributed by atoms with Gasteiger partial charge in [0.1, 0.15) is 0 Å². The molecule has 0 bridgehead atoms. The lowest BCUT2D eigenvalue weighted by atomic mass is 10.1. The molecule has 0 radical (unpaired) electrons. The number of nitrogens with zero attached hydrogens (tertiary/aromatic N) is 1. The van der Waals surface area contributed by atoms with E-state index in [4.69, 9.17) is 0 Å². The molecule has 3 rings (SSSR count). The van der Waals surface area contributed by atoms with E-state index in [2.05, 4.69) is 68.7 Å². The van der Waals surface area contributed by atoms with E-state index in [0.29, 0.717) is 0 Å². The van der Waals surface area contributed by atoms with Crippen molar-refractivity contribution in [3.63, 3.8) is 0 Å². The lowest BCUT2D eigenvalue weighted by molar-refractivity contribution is 1.02. The van der Waals surface area contributed by atoms with Crippen LogP contribution in [0.5, 0.6) is 0 Å². The Morgan fingerprint density at radius 1 is 0.950 bits per heavy atom. The molecule has 3 aromatic rings. The Morgan fingerprint density at radius 2 is 1.80 bits per heavy atom. The Labute approximate surface area is 127 Å². The standard InChI is InChI=1S/C17H15BrN2/c18-16-10-17(12-19-11-16)20-8-7-13-5-6-14-3-1-2-4-15(14)9-13/h1-6,9-12,20H,7-8H2. The Kier molecular flexibility index (Phi) is 3.97. The predicted octanol–water partition coefficient (Wildman–Crippen LogP) is 4.65. The highest BCUT2D eigenvalue weighted by molar-refractivity contribution is 9.10. The molecular formula is C17H15BrN2. The number of hydrogen-bond acceptors (Lipinski definition) is 2. The zero-order valence-electron chi connectivity index (χ0n) is 11.0. The van der Waals surface area contributed by atoms with Crippen molar-refractivity contribution in [3.05, 3.63) is 71.0 Å². The molecule has 100 valence electrons. The molecule has 0 aliphatic rings. The van der Waals surface area contributed by atoms with Crippen molar-refractivity contribution in [2.45, 2.75) is 6.42 Å². The summed E-state index contributed by atoms with van der Waals surface area (Å²) in [5.41, 5.74) is 2.39. The first-order valence-corrected chi connectivity index (χ1v) is 7.43. The van der Waals surface area contributed by atoms with E-state index >= 15 is 0 Å². The molecule has 0 atom stereocenters. The predicted molar refractivity (Wildman–Crippen MR) is 88.1 cm³/mol. The molecule has 0 unspecified atom stereocenters. The monoisotopic (exact) mass is 326 g/mol. The Bertz CT molecular complexity index is 725. The van der Waals surface area contributed by atoms with Crippen molar-refractivity contribution in [3.8, 4) is 0 Å². The van der Waals surface area contributed by atoms with E-state index in [-0.39, 0.29) is 0 Å². The van der Waals surface area contributed by atoms with Gasteiger partial charge in [0, 0.05) is 17.2 Å². The van der Waals surface area contributed by atoms with Crippen LogP contribution in [0.1, 0.15) is 5.56 Å². The minimum atomic E-state index is 0.899. The molecule has 2 aromatic carbocycles. The smallest absolute Gasteiger partial charge is 0.0538 e. The molecule has 0 aliphatic carbocycles. The third kappa shape index (κ3) is 3.17. The molecule has 0 saturated heterocycles. The van der Waals surface area contributed by atoms with Gasteiger partial charge in [0.05, 0.1) is 11.9 Å². The van der Waals surface area contributed by atoms with Crippen LogP contribution in [0.4, 0.5) is 5.69 Å². The van der Waals surface area contributed by atoms with Crippen LogP contribution >= 0.6 is 15.9 Å². The lowest BCUT2D eigenvalue weighted by Gasteiger charge is -2.07. The van der Waals surface area contributed by atoms with E-state index in [9.17, 15) is 0 Å². The molecule has 3 heteroatoms. The van der Waals surface area contributed by atoms with Gasteiger partial charge in [-0.05, 0) is 44.8 Å². The van der Waals surface area contributed by atoms with Crippen LogP contribution < -0.4 is 5.32 Å². The van der Waals surface area contributed by atoms with E-state index in [0.717, 1.165) is 23.1 Å². The molecule has 0 amide bonds. The van der Waals surface area contributed by atoms with Gasteiger partial charge in [0.2, 0.25) is 0 Å². The fourth-order valence-electron chi connectivity index (χ4n) is 2.25. The van der Waals surface area contributed by atoms with Crippen molar-refractivity contribution in [2.24, 2.45) is 0 Å². The SMILES string of the molecule is Brc1cncc(NCCc2ccc3ccccc3c2)c1. The first-order valence-electron chi connectivity index (χ1n) is 6.63. The molecule has 1 aromatic heterocycles. The van der Waals surface area contributed by atoms with Gasteiger partial charge in [-0.2, -0.15) is 0 Å². The van der Waals surface area contributed by atoms with Gasteiger partial charge in [0.25, 0.3) is 0 Å². The second kappa shape index (κ2) is 6.06. The van der Waals surface area contributed by atoms with Crippen LogP contribution in [0.3, 0.4) is 0 Å². The van der Waals surface area contributed by atoms with Gasteiger partial charge in [-0.25, -0.2) is 0 Å². The molecule has 1 N–H and O–H groups in total. The van der Waals surface area contributed by atoms with Crippen molar-refractivity contribution < 1.29 is 0 Å². The number of anilines is 1. The fraction of sp³-hybridized carbons (Fsp3) is 0.118. The number of rotatable bonds is 4. The second-order valence-electron chi connectivity index (χ2n) is 4.75. The van der Waals surface area contributed by atoms with E-state index < -0.39 is 0 Å². The molecule has 0 fully saturated rings. The van der Waals surface area contributed by atoms with Crippen molar-refractivity contribution >= 4 is 32.4 Å². The molecule has 2 nitrogen and oxygen atoms in total. The summed E-state index contributed by atoms with van der Waals surface area (Å²) in [6, 6.07) is 17.1. The van der Waals surface area contributed by atoms with Crippen LogP contribution in [-0.2, 0) is 6.42 Å². The van der Waals surface area contributed by atoms with Crippen LogP contribution in [-0.4, -0.2) is 11.5 Å². The maximum absolute atomic E-state index is 4.14. The maximum atomic E-state index is 4.14. The minimum Gasteiger partial charge on any atom is -0.383 e. The third-order valence-electron chi connectivity index (χ3n) is 3.26. The summed E-state index contributed by atoms with van der Waals surface area (Å²) in [6.45, 7) is 0.899. The van der Waals surface area contributed by atoms with Crippen molar-refractivity contribution in [2.75, 3.05) is 11.9 Å². The van der Waals surface area contributed by atoms with E-state index in [1.807, 2.05) is 12.3 Å². The first-order chi connectivity index (χ1) is 9.81. The quantitative estimate of drug-likeness (QED) is 0.754. The van der Waals surface area contributed by atoms with Crippen molar-refractivity contribution in [1.29, 1.82) is 0 Å². The first kappa shape index (κ1) is 13.1. The highest BCUT2D eigenvalue weighted by atomic mass is 79.9. The zero-order chi connectivity index (χ0) is 13.8. The topological polar surface area (TPSA) is 24.9 Å².